The van der Waals surface area contributed by atoms with E-state index in [0.717, 1.165) is 43.5 Å². The summed E-state index contributed by atoms with van der Waals surface area (Å²) in [5.74, 6) is -12.4. The van der Waals surface area contributed by atoms with Crippen LogP contribution in [-0.4, -0.2) is 126 Å². The molecule has 50 heavy (non-hydrogen) atoms. The molecule has 278 valence electrons. The highest BCUT2D eigenvalue weighted by Gasteiger charge is 2.74. The molecule has 3 fully saturated rings. The van der Waals surface area contributed by atoms with E-state index in [1.165, 1.54) is 6.92 Å². The zero-order chi connectivity index (χ0) is 37.4. The van der Waals surface area contributed by atoms with Gasteiger partial charge in [-0.2, -0.15) is 26.3 Å². The third kappa shape index (κ3) is 6.54. The van der Waals surface area contributed by atoms with Crippen LogP contribution in [0, 0.1) is 12.7 Å². The Hall–Kier alpha value is -3.14. The third-order valence-electron chi connectivity index (χ3n) is 9.78. The van der Waals surface area contributed by atoms with Gasteiger partial charge in [-0.3, -0.25) is 14.7 Å². The average molecular weight is 727 g/mol. The summed E-state index contributed by atoms with van der Waals surface area (Å²) in [7, 11) is 0.853. The molecule has 5 rings (SSSR count). The van der Waals surface area contributed by atoms with Gasteiger partial charge >= 0.3 is 24.3 Å². The second-order valence-electron chi connectivity index (χ2n) is 12.9. The van der Waals surface area contributed by atoms with Gasteiger partial charge in [-0.15, -0.1) is 0 Å². The fourth-order valence-corrected chi connectivity index (χ4v) is 6.83. The van der Waals surface area contributed by atoms with E-state index in [2.05, 4.69) is 0 Å². The molecule has 0 radical (unpaired) electrons. The van der Waals surface area contributed by atoms with Gasteiger partial charge in [0, 0.05) is 39.6 Å². The third-order valence-corrected chi connectivity index (χ3v) is 9.78. The monoisotopic (exact) mass is 726 g/mol. The van der Waals surface area contributed by atoms with Crippen molar-refractivity contribution in [3.8, 4) is 0 Å². The molecule has 0 saturated carbocycles. The SMILES string of the molecule is Cc1cc(F)ccc1C1N(C(=O)N(C)C(C)c2cc(C(F)(F)F)cc(C(F)(F)F)c2)C(O)(O)C(O)(O)C(N2CCN(C3CCO3)CC2)C1(O)O. The largest absolute Gasteiger partial charge is 0.416 e. The lowest BCUT2D eigenvalue weighted by Gasteiger charge is -2.61. The Labute approximate surface area is 281 Å². The molecule has 2 aromatic carbocycles. The normalized spacial score (nSPS) is 26.3. The number of carbonyl (C=O) groups excluding carboxylic acids is 1. The van der Waals surface area contributed by atoms with Crippen molar-refractivity contribution in [3.63, 3.8) is 0 Å². The molecule has 0 aliphatic carbocycles. The highest BCUT2D eigenvalue weighted by molar-refractivity contribution is 5.77. The Morgan fingerprint density at radius 2 is 1.42 bits per heavy atom. The van der Waals surface area contributed by atoms with Gasteiger partial charge in [0.1, 0.15) is 24.1 Å². The molecule has 3 aliphatic rings. The number of nitrogens with zero attached hydrogens (tertiary/aromatic N) is 4. The first kappa shape index (κ1) is 38.1. The molecule has 0 bridgehead atoms. The first-order chi connectivity index (χ1) is 22.9. The molecular formula is C31H37F7N4O8. The van der Waals surface area contributed by atoms with Gasteiger partial charge in [-0.1, -0.05) is 6.07 Å². The highest BCUT2D eigenvalue weighted by atomic mass is 19.4. The second kappa shape index (κ2) is 12.8. The number of benzene rings is 2. The molecule has 2 aromatic rings. The van der Waals surface area contributed by atoms with Crippen LogP contribution in [0.1, 0.15) is 53.2 Å². The fraction of sp³-hybridized carbons (Fsp3) is 0.581. The number of piperidine rings is 1. The van der Waals surface area contributed by atoms with E-state index in [1.807, 2.05) is 4.90 Å². The quantitative estimate of drug-likeness (QED) is 0.199. The minimum absolute atomic E-state index is 0.0754. The lowest BCUT2D eigenvalue weighted by atomic mass is 9.77. The molecular weight excluding hydrogens is 689 g/mol. The average Bonchev–Trinajstić information content (AvgIpc) is 2.97. The van der Waals surface area contributed by atoms with Crippen LogP contribution in [0.5, 0.6) is 0 Å². The molecule has 6 N–H and O–H groups in total. The van der Waals surface area contributed by atoms with Crippen molar-refractivity contribution in [2.24, 2.45) is 0 Å². The zero-order valence-corrected chi connectivity index (χ0v) is 27.0. The van der Waals surface area contributed by atoms with E-state index in [1.54, 1.807) is 0 Å². The topological polar surface area (TPSA) is 161 Å². The number of amides is 2. The number of aryl methyl sites for hydroxylation is 1. The van der Waals surface area contributed by atoms with Gasteiger partial charge < -0.3 is 40.3 Å². The Balaban J connectivity index is 1.59. The highest BCUT2D eigenvalue weighted by Crippen LogP contribution is 2.51. The number of alkyl halides is 6. The molecule has 4 atom stereocenters. The number of aliphatic hydroxyl groups is 6. The minimum Gasteiger partial charge on any atom is -0.363 e. The van der Waals surface area contributed by atoms with Crippen molar-refractivity contribution in [2.45, 2.75) is 74.5 Å². The van der Waals surface area contributed by atoms with Crippen LogP contribution in [0.3, 0.4) is 0 Å². The van der Waals surface area contributed by atoms with E-state index in [4.69, 9.17) is 4.74 Å². The van der Waals surface area contributed by atoms with Crippen LogP contribution in [0.15, 0.2) is 36.4 Å². The number of hydrogen-bond acceptors (Lipinski definition) is 10. The van der Waals surface area contributed by atoms with Crippen molar-refractivity contribution < 1.29 is 70.9 Å². The number of carbonyl (C=O) groups is 1. The van der Waals surface area contributed by atoms with Crippen LogP contribution in [0.25, 0.3) is 0 Å². The van der Waals surface area contributed by atoms with E-state index in [-0.39, 0.29) is 54.5 Å². The summed E-state index contributed by atoms with van der Waals surface area (Å²) >= 11 is 0. The number of piperazine rings is 1. The maximum atomic E-state index is 14.2. The molecule has 3 aliphatic heterocycles. The van der Waals surface area contributed by atoms with Crippen LogP contribution < -0.4 is 0 Å². The molecule has 3 saturated heterocycles. The maximum Gasteiger partial charge on any atom is 0.416 e. The number of hydrogen-bond donors (Lipinski definition) is 6. The molecule has 0 spiro atoms. The number of halogens is 7. The predicted molar refractivity (Wildman–Crippen MR) is 157 cm³/mol. The number of likely N-dealkylation sites (tertiary alicyclic amines) is 1. The number of urea groups is 1. The van der Waals surface area contributed by atoms with E-state index >= 15 is 0 Å². The van der Waals surface area contributed by atoms with Gasteiger partial charge in [0.2, 0.25) is 5.79 Å². The Bertz CT molecular complexity index is 1560. The Kier molecular flexibility index (Phi) is 9.77. The molecule has 0 aromatic heterocycles. The Morgan fingerprint density at radius 1 is 0.900 bits per heavy atom. The van der Waals surface area contributed by atoms with Crippen molar-refractivity contribution in [3.05, 3.63) is 70.0 Å². The zero-order valence-electron chi connectivity index (χ0n) is 27.0. The summed E-state index contributed by atoms with van der Waals surface area (Å²) in [5, 5.41) is 69.6. The molecule has 4 unspecified atom stereocenters. The first-order valence-electron chi connectivity index (χ1n) is 15.5. The second-order valence-corrected chi connectivity index (χ2v) is 12.9. The molecule has 3 heterocycles. The predicted octanol–water partition coefficient (Wildman–Crippen LogP) is 2.07. The van der Waals surface area contributed by atoms with Gasteiger partial charge in [0.05, 0.1) is 23.8 Å². The maximum absolute atomic E-state index is 14.2. The van der Waals surface area contributed by atoms with Crippen LogP contribution in [-0.2, 0) is 17.1 Å². The summed E-state index contributed by atoms with van der Waals surface area (Å²) in [6.45, 7) is 3.04. The number of ether oxygens (including phenoxy) is 1. The van der Waals surface area contributed by atoms with Gasteiger partial charge in [0.15, 0.2) is 0 Å². The van der Waals surface area contributed by atoms with Crippen LogP contribution >= 0.6 is 0 Å². The minimum atomic E-state index is -5.24. The molecule has 19 heteroatoms. The summed E-state index contributed by atoms with van der Waals surface area (Å²) in [5.41, 5.74) is -4.51. The first-order valence-corrected chi connectivity index (χ1v) is 15.5. The lowest BCUT2D eigenvalue weighted by Crippen LogP contribution is -2.85. The van der Waals surface area contributed by atoms with Crippen molar-refractivity contribution in [2.75, 3.05) is 39.8 Å². The summed E-state index contributed by atoms with van der Waals surface area (Å²) < 4.78 is 101. The summed E-state index contributed by atoms with van der Waals surface area (Å²) in [6.07, 6.45) is -9.98. The molecule has 2 amide bonds. The molecule has 12 nitrogen and oxygen atoms in total. The van der Waals surface area contributed by atoms with Gasteiger partial charge in [-0.25, -0.2) is 9.18 Å². The summed E-state index contributed by atoms with van der Waals surface area (Å²) in [6, 6.07) is -4.83. The van der Waals surface area contributed by atoms with Crippen molar-refractivity contribution in [1.82, 2.24) is 19.6 Å². The van der Waals surface area contributed by atoms with Crippen LogP contribution in [0.4, 0.5) is 35.5 Å². The van der Waals surface area contributed by atoms with Gasteiger partial charge in [-0.05, 0) is 60.9 Å². The number of rotatable bonds is 5. The summed E-state index contributed by atoms with van der Waals surface area (Å²) in [4.78, 5) is 17.5. The standard InChI is InChI=1S/C31H37F7N4O8/c1-16-12-21(32)4-5-22(16)24-27(44,45)25(41-9-7-40(8-10-41)23-6-11-50-23)28(46,47)31(48,49)42(24)26(43)39(3)17(2)18-13-19(29(33,34)35)15-20(14-18)30(36,37)38/h4-5,12-15,17,23-25,44-49H,6-11H2,1-3H3. The van der Waals surface area contributed by atoms with Crippen molar-refractivity contribution in [1.29, 1.82) is 0 Å². The lowest BCUT2D eigenvalue weighted by molar-refractivity contribution is -0.483. The van der Waals surface area contributed by atoms with Crippen molar-refractivity contribution >= 4 is 6.03 Å². The Morgan fingerprint density at radius 3 is 1.88 bits per heavy atom. The van der Waals surface area contributed by atoms with E-state index in [0.29, 0.717) is 23.6 Å². The van der Waals surface area contributed by atoms with E-state index in [9.17, 15) is 66.2 Å². The fourth-order valence-electron chi connectivity index (χ4n) is 6.83. The van der Waals surface area contributed by atoms with Gasteiger partial charge in [0.25, 0.3) is 5.79 Å². The van der Waals surface area contributed by atoms with E-state index < -0.39 is 76.5 Å². The van der Waals surface area contributed by atoms with Crippen LogP contribution in [0.2, 0.25) is 0 Å². The smallest absolute Gasteiger partial charge is 0.363 e.